The number of anilines is 1. The van der Waals surface area contributed by atoms with Gasteiger partial charge in [0.05, 0.1) is 5.75 Å². The van der Waals surface area contributed by atoms with Gasteiger partial charge in [0.1, 0.15) is 0 Å². The van der Waals surface area contributed by atoms with Crippen LogP contribution < -0.4 is 5.32 Å². The number of amides is 1. The average molecular weight is 376 g/mol. The molecule has 0 aliphatic rings. The molecule has 1 N–H and O–H groups in total. The van der Waals surface area contributed by atoms with E-state index in [0.717, 1.165) is 37.3 Å². The van der Waals surface area contributed by atoms with Gasteiger partial charge in [0.25, 0.3) is 0 Å². The number of fused-ring (bicyclic) bond motifs is 1. The first kappa shape index (κ1) is 17.3. The van der Waals surface area contributed by atoms with Gasteiger partial charge in [-0.2, -0.15) is 0 Å². The molecule has 0 saturated heterocycles. The first-order chi connectivity index (χ1) is 11.7. The number of thioether (sulfide) groups is 2. The summed E-state index contributed by atoms with van der Waals surface area (Å²) in [5.74, 6) is 1.34. The van der Waals surface area contributed by atoms with E-state index in [1.54, 1.807) is 23.1 Å². The monoisotopic (exact) mass is 375 g/mol. The van der Waals surface area contributed by atoms with E-state index in [0.29, 0.717) is 5.75 Å². The van der Waals surface area contributed by atoms with Gasteiger partial charge in [-0.3, -0.25) is 4.79 Å². The highest BCUT2D eigenvalue weighted by atomic mass is 32.2. The summed E-state index contributed by atoms with van der Waals surface area (Å²) in [4.78, 5) is 12.1. The van der Waals surface area contributed by atoms with Gasteiger partial charge in [-0.15, -0.1) is 10.2 Å². The second-order valence-electron chi connectivity index (χ2n) is 5.08. The van der Waals surface area contributed by atoms with Crippen LogP contribution in [0, 0.1) is 0 Å². The van der Waals surface area contributed by atoms with Gasteiger partial charge in [-0.1, -0.05) is 72.1 Å². The van der Waals surface area contributed by atoms with Crippen molar-refractivity contribution in [3.8, 4) is 0 Å². The van der Waals surface area contributed by atoms with E-state index in [-0.39, 0.29) is 5.91 Å². The Morgan fingerprint density at radius 1 is 1.08 bits per heavy atom. The summed E-state index contributed by atoms with van der Waals surface area (Å²) in [7, 11) is 0. The summed E-state index contributed by atoms with van der Waals surface area (Å²) in [6, 6.07) is 14.0. The van der Waals surface area contributed by atoms with Crippen LogP contribution in [0.5, 0.6) is 0 Å². The number of hydrogen-bond donors (Lipinski definition) is 1. The molecular formula is C17H17N3OS3. The standard InChI is InChI=1S/C17H17N3OS3/c1-2-9-22-16-19-20-17(24-16)23-11-15(21)18-14-8-7-12-5-3-4-6-13(12)10-14/h3-8,10H,2,9,11H2,1H3,(H,18,21). The zero-order valence-electron chi connectivity index (χ0n) is 13.2. The highest BCUT2D eigenvalue weighted by Gasteiger charge is 2.09. The molecular weight excluding hydrogens is 358 g/mol. The van der Waals surface area contributed by atoms with Crippen molar-refractivity contribution in [3.63, 3.8) is 0 Å². The highest BCUT2D eigenvalue weighted by molar-refractivity contribution is 8.03. The van der Waals surface area contributed by atoms with Crippen molar-refractivity contribution in [2.24, 2.45) is 0 Å². The van der Waals surface area contributed by atoms with Crippen LogP contribution in [-0.4, -0.2) is 27.6 Å². The molecule has 1 aromatic heterocycles. The zero-order chi connectivity index (χ0) is 16.8. The lowest BCUT2D eigenvalue weighted by Crippen LogP contribution is -2.13. The number of carbonyl (C=O) groups excluding carboxylic acids is 1. The van der Waals surface area contributed by atoms with Crippen molar-refractivity contribution < 1.29 is 4.79 Å². The quantitative estimate of drug-likeness (QED) is 0.594. The third-order valence-electron chi connectivity index (χ3n) is 3.18. The molecule has 1 amide bonds. The topological polar surface area (TPSA) is 54.9 Å². The molecule has 3 aromatic rings. The first-order valence-corrected chi connectivity index (χ1v) is 10.4. The Bertz CT molecular complexity index is 835. The molecule has 1 heterocycles. The van der Waals surface area contributed by atoms with Crippen molar-refractivity contribution in [1.82, 2.24) is 10.2 Å². The Labute approximate surface area is 153 Å². The molecule has 0 aliphatic heterocycles. The van der Waals surface area contributed by atoms with Gasteiger partial charge in [0, 0.05) is 11.4 Å². The number of hydrogen-bond acceptors (Lipinski definition) is 6. The number of nitrogens with one attached hydrogen (secondary N) is 1. The van der Waals surface area contributed by atoms with Crippen molar-refractivity contribution in [1.29, 1.82) is 0 Å². The van der Waals surface area contributed by atoms with Crippen molar-refractivity contribution >= 4 is 57.2 Å². The number of nitrogens with zero attached hydrogens (tertiary/aromatic N) is 2. The van der Waals surface area contributed by atoms with Crippen molar-refractivity contribution in [3.05, 3.63) is 42.5 Å². The third-order valence-corrected chi connectivity index (χ3v) is 6.57. The Kier molecular flexibility index (Phi) is 6.12. The largest absolute Gasteiger partial charge is 0.325 e. The normalized spacial score (nSPS) is 10.9. The van der Waals surface area contributed by atoms with Crippen molar-refractivity contribution in [2.45, 2.75) is 22.0 Å². The van der Waals surface area contributed by atoms with Gasteiger partial charge in [-0.25, -0.2) is 0 Å². The number of aromatic nitrogens is 2. The molecule has 0 saturated carbocycles. The lowest BCUT2D eigenvalue weighted by molar-refractivity contribution is -0.113. The number of benzene rings is 2. The summed E-state index contributed by atoms with van der Waals surface area (Å²) in [5, 5.41) is 13.5. The second-order valence-corrected chi connectivity index (χ2v) is 8.62. The molecule has 0 aliphatic carbocycles. The molecule has 24 heavy (non-hydrogen) atoms. The molecule has 0 unspecified atom stereocenters. The lowest BCUT2D eigenvalue weighted by Gasteiger charge is -2.05. The maximum absolute atomic E-state index is 12.1. The van der Waals surface area contributed by atoms with Gasteiger partial charge >= 0.3 is 0 Å². The Balaban J connectivity index is 1.54. The average Bonchev–Trinajstić information content (AvgIpc) is 3.06. The van der Waals surface area contributed by atoms with Gasteiger partial charge in [-0.05, 0) is 29.3 Å². The van der Waals surface area contributed by atoms with E-state index in [9.17, 15) is 4.79 Å². The molecule has 0 fully saturated rings. The van der Waals surface area contributed by atoms with E-state index >= 15 is 0 Å². The zero-order valence-corrected chi connectivity index (χ0v) is 15.6. The number of rotatable bonds is 7. The molecule has 124 valence electrons. The summed E-state index contributed by atoms with van der Waals surface area (Å²) >= 11 is 4.68. The molecule has 0 radical (unpaired) electrons. The second kappa shape index (κ2) is 8.50. The van der Waals surface area contributed by atoms with E-state index in [4.69, 9.17) is 0 Å². The molecule has 0 spiro atoms. The van der Waals surface area contributed by atoms with Crippen LogP contribution in [0.4, 0.5) is 5.69 Å². The van der Waals surface area contributed by atoms with Gasteiger partial charge in [0.2, 0.25) is 5.91 Å². The van der Waals surface area contributed by atoms with Crippen LogP contribution in [-0.2, 0) is 4.79 Å². The van der Waals surface area contributed by atoms with E-state index in [1.165, 1.54) is 11.8 Å². The SMILES string of the molecule is CCCSc1nnc(SCC(=O)Nc2ccc3ccccc3c2)s1. The Morgan fingerprint density at radius 2 is 1.83 bits per heavy atom. The highest BCUT2D eigenvalue weighted by Crippen LogP contribution is 2.29. The van der Waals surface area contributed by atoms with Crippen LogP contribution in [0.25, 0.3) is 10.8 Å². The minimum absolute atomic E-state index is 0.0340. The van der Waals surface area contributed by atoms with E-state index in [2.05, 4.69) is 28.5 Å². The number of carbonyl (C=O) groups is 1. The molecule has 3 rings (SSSR count). The maximum atomic E-state index is 12.1. The molecule has 0 bridgehead atoms. The minimum atomic E-state index is -0.0340. The van der Waals surface area contributed by atoms with Crippen LogP contribution in [0.2, 0.25) is 0 Å². The fourth-order valence-electron chi connectivity index (χ4n) is 2.09. The minimum Gasteiger partial charge on any atom is -0.325 e. The summed E-state index contributed by atoms with van der Waals surface area (Å²) in [6.45, 7) is 2.14. The molecule has 7 heteroatoms. The van der Waals surface area contributed by atoms with Crippen molar-refractivity contribution in [2.75, 3.05) is 16.8 Å². The maximum Gasteiger partial charge on any atom is 0.234 e. The summed E-state index contributed by atoms with van der Waals surface area (Å²) < 4.78 is 1.80. The lowest BCUT2D eigenvalue weighted by atomic mass is 10.1. The smallest absolute Gasteiger partial charge is 0.234 e. The summed E-state index contributed by atoms with van der Waals surface area (Å²) in [6.07, 6.45) is 1.11. The Morgan fingerprint density at radius 3 is 2.62 bits per heavy atom. The first-order valence-electron chi connectivity index (χ1n) is 7.62. The predicted molar refractivity (Wildman–Crippen MR) is 104 cm³/mol. The van der Waals surface area contributed by atoms with Gasteiger partial charge in [0.15, 0.2) is 8.68 Å². The fourth-order valence-corrected chi connectivity index (χ4v) is 4.84. The molecule has 2 aromatic carbocycles. The van der Waals surface area contributed by atoms with Crippen LogP contribution in [0.1, 0.15) is 13.3 Å². The Hall–Kier alpha value is -1.57. The molecule has 4 nitrogen and oxygen atoms in total. The van der Waals surface area contributed by atoms with Crippen LogP contribution in [0.15, 0.2) is 51.1 Å². The van der Waals surface area contributed by atoms with Gasteiger partial charge < -0.3 is 5.32 Å². The fraction of sp³-hybridized carbons (Fsp3) is 0.235. The van der Waals surface area contributed by atoms with E-state index in [1.807, 2.05) is 36.4 Å². The predicted octanol–water partition coefficient (Wildman–Crippen LogP) is 4.92. The van der Waals surface area contributed by atoms with Crippen LogP contribution in [0.3, 0.4) is 0 Å². The van der Waals surface area contributed by atoms with Crippen LogP contribution >= 0.6 is 34.9 Å². The van der Waals surface area contributed by atoms with E-state index < -0.39 is 0 Å². The molecule has 0 atom stereocenters. The third kappa shape index (κ3) is 4.72. The summed E-state index contributed by atoms with van der Waals surface area (Å²) in [5.41, 5.74) is 0.816.